The Labute approximate surface area is 159 Å². The summed E-state index contributed by atoms with van der Waals surface area (Å²) < 4.78 is 0. The average molecular weight is 364 g/mol. The van der Waals surface area contributed by atoms with Crippen molar-refractivity contribution in [3.8, 4) is 0 Å². The van der Waals surface area contributed by atoms with Gasteiger partial charge in [0.1, 0.15) is 0 Å². The Bertz CT molecular complexity index is 440. The van der Waals surface area contributed by atoms with Crippen LogP contribution >= 0.6 is 0 Å². The number of aliphatic hydroxyl groups is 1. The molecule has 0 saturated heterocycles. The summed E-state index contributed by atoms with van der Waals surface area (Å²) in [6.07, 6.45) is 9.64. The van der Waals surface area contributed by atoms with Crippen LogP contribution in [-0.2, 0) is 0 Å². The molecule has 0 aliphatic rings. The quantitative estimate of drug-likeness (QED) is 0.321. The summed E-state index contributed by atoms with van der Waals surface area (Å²) in [5.41, 5.74) is 0.737. The van der Waals surface area contributed by atoms with Crippen LogP contribution in [0.5, 0.6) is 0 Å². The third kappa shape index (κ3) is 12.9. The summed E-state index contributed by atoms with van der Waals surface area (Å²) in [5.74, 6) is 0.0286. The minimum atomic E-state index is 0.0286. The van der Waals surface area contributed by atoms with Gasteiger partial charge in [-0.1, -0.05) is 43.9 Å². The summed E-state index contributed by atoms with van der Waals surface area (Å²) in [7, 11) is 0. The second kappa shape index (κ2) is 17.0. The van der Waals surface area contributed by atoms with E-state index in [1.165, 1.54) is 38.5 Å². The van der Waals surface area contributed by atoms with E-state index in [0.29, 0.717) is 6.54 Å². The summed E-state index contributed by atoms with van der Waals surface area (Å²) >= 11 is 0. The zero-order valence-electron chi connectivity index (χ0n) is 16.1. The van der Waals surface area contributed by atoms with Crippen LogP contribution in [0.25, 0.3) is 0 Å². The van der Waals surface area contributed by atoms with Crippen molar-refractivity contribution in [2.45, 2.75) is 51.4 Å². The van der Waals surface area contributed by atoms with Crippen molar-refractivity contribution in [2.24, 2.45) is 0 Å². The molecule has 0 aromatic heterocycles. The molecule has 0 aliphatic heterocycles. The molecule has 0 saturated carbocycles. The highest BCUT2D eigenvalue weighted by Gasteiger charge is 2.02. The highest BCUT2D eigenvalue weighted by Crippen LogP contribution is 2.05. The van der Waals surface area contributed by atoms with Crippen LogP contribution in [0.2, 0.25) is 0 Å². The second-order valence-corrected chi connectivity index (χ2v) is 6.67. The van der Waals surface area contributed by atoms with Gasteiger partial charge in [0.15, 0.2) is 0 Å². The Balaban J connectivity index is 1.76. The van der Waals surface area contributed by atoms with E-state index < -0.39 is 0 Å². The van der Waals surface area contributed by atoms with Crippen LogP contribution in [-0.4, -0.2) is 50.3 Å². The first kappa shape index (κ1) is 22.6. The molecule has 4 N–H and O–H groups in total. The van der Waals surface area contributed by atoms with Crippen LogP contribution in [0.15, 0.2) is 30.3 Å². The molecule has 0 atom stereocenters. The lowest BCUT2D eigenvalue weighted by molar-refractivity contribution is 0.0953. The van der Waals surface area contributed by atoms with E-state index in [9.17, 15) is 4.79 Å². The molecule has 1 aromatic rings. The van der Waals surface area contributed by atoms with Crippen molar-refractivity contribution in [3.63, 3.8) is 0 Å². The van der Waals surface area contributed by atoms with Crippen molar-refractivity contribution >= 4 is 5.91 Å². The number of carbonyl (C=O) groups is 1. The monoisotopic (exact) mass is 363 g/mol. The maximum Gasteiger partial charge on any atom is 0.251 e. The van der Waals surface area contributed by atoms with Gasteiger partial charge in [-0.15, -0.1) is 0 Å². The van der Waals surface area contributed by atoms with Crippen LogP contribution in [0.4, 0.5) is 0 Å². The molecule has 1 amide bonds. The molecule has 5 nitrogen and oxygen atoms in total. The maximum atomic E-state index is 11.9. The predicted octanol–water partition coefficient (Wildman–Crippen LogP) is 2.71. The molecule has 0 heterocycles. The van der Waals surface area contributed by atoms with Gasteiger partial charge in [-0.2, -0.15) is 0 Å². The van der Waals surface area contributed by atoms with Crippen molar-refractivity contribution in [1.29, 1.82) is 0 Å². The lowest BCUT2D eigenvalue weighted by Crippen LogP contribution is -2.24. The number of rotatable bonds is 17. The molecule has 1 rings (SSSR count). The highest BCUT2D eigenvalue weighted by atomic mass is 16.3. The fourth-order valence-corrected chi connectivity index (χ4v) is 2.80. The predicted molar refractivity (Wildman–Crippen MR) is 109 cm³/mol. The fourth-order valence-electron chi connectivity index (χ4n) is 2.80. The van der Waals surface area contributed by atoms with E-state index in [0.717, 1.165) is 44.6 Å². The molecule has 0 spiro atoms. The van der Waals surface area contributed by atoms with Crippen molar-refractivity contribution < 1.29 is 9.90 Å². The third-order valence-corrected chi connectivity index (χ3v) is 4.35. The van der Waals surface area contributed by atoms with Crippen LogP contribution in [0.1, 0.15) is 61.7 Å². The van der Waals surface area contributed by atoms with Gasteiger partial charge in [0, 0.05) is 18.7 Å². The Kier molecular flexibility index (Phi) is 14.8. The van der Waals surface area contributed by atoms with E-state index in [-0.39, 0.29) is 12.5 Å². The topological polar surface area (TPSA) is 73.4 Å². The second-order valence-electron chi connectivity index (χ2n) is 6.67. The van der Waals surface area contributed by atoms with Gasteiger partial charge >= 0.3 is 0 Å². The molecule has 148 valence electrons. The van der Waals surface area contributed by atoms with E-state index in [1.54, 1.807) is 0 Å². The molecular formula is C21H37N3O2. The Morgan fingerprint density at radius 3 is 1.81 bits per heavy atom. The molecule has 0 radical (unpaired) electrons. The number of hydrogen-bond donors (Lipinski definition) is 4. The van der Waals surface area contributed by atoms with Crippen molar-refractivity contribution in [3.05, 3.63) is 35.9 Å². The first-order valence-electron chi connectivity index (χ1n) is 10.2. The summed E-state index contributed by atoms with van der Waals surface area (Å²) in [6, 6.07) is 9.39. The standard InChI is InChI=1S/C21H37N3O2/c25-19-18-23-16-11-10-15-22-14-8-3-1-2-4-9-17-24-21(26)20-12-6-5-7-13-20/h5-7,12-13,22-23,25H,1-4,8-11,14-19H2,(H,24,26). The zero-order valence-corrected chi connectivity index (χ0v) is 16.1. The minimum Gasteiger partial charge on any atom is -0.395 e. The zero-order chi connectivity index (χ0) is 18.7. The SMILES string of the molecule is O=C(NCCCCCCCCNCCCCNCCO)c1ccccc1. The molecule has 0 unspecified atom stereocenters. The number of hydrogen-bond acceptors (Lipinski definition) is 4. The number of nitrogens with one attached hydrogen (secondary N) is 3. The molecule has 0 bridgehead atoms. The summed E-state index contributed by atoms with van der Waals surface area (Å²) in [6.45, 7) is 4.88. The van der Waals surface area contributed by atoms with Crippen molar-refractivity contribution in [1.82, 2.24) is 16.0 Å². The molecule has 0 aliphatic carbocycles. The number of unbranched alkanes of at least 4 members (excludes halogenated alkanes) is 6. The molecule has 1 aromatic carbocycles. The molecule has 5 heteroatoms. The smallest absolute Gasteiger partial charge is 0.251 e. The molecule has 0 fully saturated rings. The lowest BCUT2D eigenvalue weighted by Gasteiger charge is -2.06. The largest absolute Gasteiger partial charge is 0.395 e. The van der Waals surface area contributed by atoms with E-state index in [1.807, 2.05) is 30.3 Å². The fraction of sp³-hybridized carbons (Fsp3) is 0.667. The number of aliphatic hydroxyl groups excluding tert-OH is 1. The third-order valence-electron chi connectivity index (χ3n) is 4.35. The Morgan fingerprint density at radius 2 is 1.19 bits per heavy atom. The van der Waals surface area contributed by atoms with E-state index in [4.69, 9.17) is 5.11 Å². The first-order valence-corrected chi connectivity index (χ1v) is 10.2. The molecule has 26 heavy (non-hydrogen) atoms. The average Bonchev–Trinajstić information content (AvgIpc) is 2.68. The Hall–Kier alpha value is -1.43. The van der Waals surface area contributed by atoms with Gasteiger partial charge in [-0.25, -0.2) is 0 Å². The van der Waals surface area contributed by atoms with Crippen LogP contribution in [0.3, 0.4) is 0 Å². The van der Waals surface area contributed by atoms with Gasteiger partial charge in [0.2, 0.25) is 0 Å². The first-order chi connectivity index (χ1) is 12.8. The van der Waals surface area contributed by atoms with Crippen LogP contribution in [0, 0.1) is 0 Å². The van der Waals surface area contributed by atoms with Gasteiger partial charge in [-0.3, -0.25) is 4.79 Å². The number of carbonyl (C=O) groups excluding carboxylic acids is 1. The maximum absolute atomic E-state index is 11.9. The normalized spacial score (nSPS) is 10.8. The van der Waals surface area contributed by atoms with Gasteiger partial charge in [0.25, 0.3) is 5.91 Å². The Morgan fingerprint density at radius 1 is 0.692 bits per heavy atom. The highest BCUT2D eigenvalue weighted by molar-refractivity contribution is 5.94. The number of amides is 1. The summed E-state index contributed by atoms with van der Waals surface area (Å²) in [4.78, 5) is 11.9. The van der Waals surface area contributed by atoms with Gasteiger partial charge in [0.05, 0.1) is 6.61 Å². The summed E-state index contributed by atoms with van der Waals surface area (Å²) in [5, 5.41) is 18.3. The minimum absolute atomic E-state index is 0.0286. The van der Waals surface area contributed by atoms with Gasteiger partial charge < -0.3 is 21.1 Å². The van der Waals surface area contributed by atoms with Crippen LogP contribution < -0.4 is 16.0 Å². The molecular weight excluding hydrogens is 326 g/mol. The van der Waals surface area contributed by atoms with Crippen molar-refractivity contribution in [2.75, 3.05) is 39.3 Å². The lowest BCUT2D eigenvalue weighted by atomic mass is 10.1. The van der Waals surface area contributed by atoms with Gasteiger partial charge in [-0.05, 0) is 57.5 Å². The van der Waals surface area contributed by atoms with E-state index >= 15 is 0 Å². The number of benzene rings is 1. The van der Waals surface area contributed by atoms with E-state index in [2.05, 4.69) is 16.0 Å².